The first-order chi connectivity index (χ1) is 8.56. The maximum absolute atomic E-state index is 11.4. The monoisotopic (exact) mass is 250 g/mol. The predicted molar refractivity (Wildman–Crippen MR) is 59.2 cm³/mol. The van der Waals surface area contributed by atoms with Gasteiger partial charge in [0, 0.05) is 13.3 Å². The molecule has 2 aromatic rings. The highest BCUT2D eigenvalue weighted by Gasteiger charge is 2.21. The van der Waals surface area contributed by atoms with Crippen LogP contribution in [0.25, 0.3) is 5.65 Å². The lowest BCUT2D eigenvalue weighted by atomic mass is 10.2. The number of carboxylic acid groups (broad SMARTS) is 1. The van der Waals surface area contributed by atoms with E-state index in [-0.39, 0.29) is 29.2 Å². The summed E-state index contributed by atoms with van der Waals surface area (Å²) in [6, 6.07) is 1.28. The van der Waals surface area contributed by atoms with E-state index in [4.69, 9.17) is 15.6 Å². The third kappa shape index (κ3) is 1.78. The van der Waals surface area contributed by atoms with Crippen LogP contribution in [0.2, 0.25) is 0 Å². The Morgan fingerprint density at radius 1 is 1.56 bits per heavy atom. The van der Waals surface area contributed by atoms with Crippen LogP contribution in [0.5, 0.6) is 0 Å². The standard InChI is InChI=1S/C10H10N4O4/c1-18-4-5-7(8(11)15)9-12-3-2-6(10(16)17)14(9)13-5/h2-3H,4H2,1H3,(H2,11,15)(H,16,17). The van der Waals surface area contributed by atoms with Crippen molar-refractivity contribution in [2.75, 3.05) is 7.11 Å². The highest BCUT2D eigenvalue weighted by atomic mass is 16.5. The molecule has 0 bridgehead atoms. The number of hydrogen-bond donors (Lipinski definition) is 2. The highest BCUT2D eigenvalue weighted by Crippen LogP contribution is 2.15. The Labute approximate surface area is 101 Å². The number of nitrogens with two attached hydrogens (primary N) is 1. The molecule has 2 aromatic heterocycles. The largest absolute Gasteiger partial charge is 0.477 e. The molecule has 2 heterocycles. The van der Waals surface area contributed by atoms with Gasteiger partial charge in [-0.15, -0.1) is 0 Å². The third-order valence-corrected chi connectivity index (χ3v) is 2.34. The zero-order chi connectivity index (χ0) is 13.3. The topological polar surface area (TPSA) is 120 Å². The minimum atomic E-state index is -1.18. The molecule has 8 heteroatoms. The molecule has 0 atom stereocenters. The lowest BCUT2D eigenvalue weighted by Crippen LogP contribution is -2.14. The number of carboxylic acids is 1. The first-order valence-electron chi connectivity index (χ1n) is 4.95. The molecule has 0 radical (unpaired) electrons. The molecule has 0 unspecified atom stereocenters. The van der Waals surface area contributed by atoms with E-state index in [0.29, 0.717) is 0 Å². The normalized spacial score (nSPS) is 10.7. The molecular formula is C10H10N4O4. The zero-order valence-electron chi connectivity index (χ0n) is 9.45. The van der Waals surface area contributed by atoms with E-state index >= 15 is 0 Å². The fourth-order valence-electron chi connectivity index (χ4n) is 1.64. The fraction of sp³-hybridized carbons (Fsp3) is 0.200. The average Bonchev–Trinajstić information content (AvgIpc) is 2.66. The van der Waals surface area contributed by atoms with Crippen molar-refractivity contribution in [3.63, 3.8) is 0 Å². The second-order valence-corrected chi connectivity index (χ2v) is 3.49. The van der Waals surface area contributed by atoms with Crippen molar-refractivity contribution in [3.8, 4) is 0 Å². The van der Waals surface area contributed by atoms with E-state index in [1.165, 1.54) is 19.4 Å². The van der Waals surface area contributed by atoms with Gasteiger partial charge in [-0.3, -0.25) is 4.79 Å². The molecule has 0 aliphatic carbocycles. The number of hydrogen-bond acceptors (Lipinski definition) is 5. The summed E-state index contributed by atoms with van der Waals surface area (Å²) in [6.07, 6.45) is 1.28. The minimum absolute atomic E-state index is 0.0424. The summed E-state index contributed by atoms with van der Waals surface area (Å²) in [5, 5.41) is 13.0. The van der Waals surface area contributed by atoms with Gasteiger partial charge in [0.2, 0.25) is 0 Å². The molecular weight excluding hydrogens is 240 g/mol. The van der Waals surface area contributed by atoms with Crippen LogP contribution in [0.3, 0.4) is 0 Å². The Bertz CT molecular complexity index is 634. The van der Waals surface area contributed by atoms with Crippen molar-refractivity contribution < 1.29 is 19.4 Å². The molecule has 18 heavy (non-hydrogen) atoms. The zero-order valence-corrected chi connectivity index (χ0v) is 9.45. The number of amides is 1. The van der Waals surface area contributed by atoms with Crippen LogP contribution in [-0.4, -0.2) is 38.7 Å². The number of rotatable bonds is 4. The molecule has 0 aliphatic heterocycles. The van der Waals surface area contributed by atoms with Gasteiger partial charge in [0.15, 0.2) is 11.3 Å². The van der Waals surface area contributed by atoms with Crippen LogP contribution in [0.1, 0.15) is 26.5 Å². The molecule has 0 saturated carbocycles. The van der Waals surface area contributed by atoms with Crippen molar-refractivity contribution in [1.29, 1.82) is 0 Å². The summed E-state index contributed by atoms with van der Waals surface area (Å²) < 4.78 is 5.96. The molecule has 0 spiro atoms. The van der Waals surface area contributed by atoms with Gasteiger partial charge in [0.05, 0.1) is 6.61 Å². The Balaban J connectivity index is 2.79. The Kier molecular flexibility index (Phi) is 2.94. The number of aromatic nitrogens is 3. The lowest BCUT2D eigenvalue weighted by Gasteiger charge is -1.98. The van der Waals surface area contributed by atoms with Crippen molar-refractivity contribution in [2.24, 2.45) is 5.73 Å². The molecule has 8 nitrogen and oxygen atoms in total. The SMILES string of the molecule is COCc1nn2c(C(=O)O)ccnc2c1C(N)=O. The second-order valence-electron chi connectivity index (χ2n) is 3.49. The smallest absolute Gasteiger partial charge is 0.354 e. The molecule has 2 rings (SSSR count). The third-order valence-electron chi connectivity index (χ3n) is 2.34. The van der Waals surface area contributed by atoms with Gasteiger partial charge in [-0.25, -0.2) is 14.3 Å². The van der Waals surface area contributed by atoms with Gasteiger partial charge in [0.25, 0.3) is 5.91 Å². The fourth-order valence-corrected chi connectivity index (χ4v) is 1.64. The number of methoxy groups -OCH3 is 1. The van der Waals surface area contributed by atoms with E-state index in [0.717, 1.165) is 4.52 Å². The van der Waals surface area contributed by atoms with Crippen molar-refractivity contribution in [3.05, 3.63) is 29.2 Å². The van der Waals surface area contributed by atoms with Gasteiger partial charge in [-0.05, 0) is 6.07 Å². The van der Waals surface area contributed by atoms with Crippen LogP contribution in [0, 0.1) is 0 Å². The molecule has 3 N–H and O–H groups in total. The van der Waals surface area contributed by atoms with Gasteiger partial charge >= 0.3 is 5.97 Å². The number of nitrogens with zero attached hydrogens (tertiary/aromatic N) is 3. The van der Waals surface area contributed by atoms with E-state index < -0.39 is 11.9 Å². The maximum Gasteiger partial charge on any atom is 0.354 e. The summed E-state index contributed by atoms with van der Waals surface area (Å²) in [5.74, 6) is -1.91. The quantitative estimate of drug-likeness (QED) is 0.766. The molecule has 0 saturated heterocycles. The van der Waals surface area contributed by atoms with Gasteiger partial charge in [-0.2, -0.15) is 5.10 Å². The minimum Gasteiger partial charge on any atom is -0.477 e. The predicted octanol–water partition coefficient (Wildman–Crippen LogP) is -0.327. The van der Waals surface area contributed by atoms with Crippen molar-refractivity contribution in [2.45, 2.75) is 6.61 Å². The first kappa shape index (κ1) is 12.0. The molecule has 94 valence electrons. The number of ether oxygens (including phenoxy) is 1. The van der Waals surface area contributed by atoms with Crippen molar-refractivity contribution in [1.82, 2.24) is 14.6 Å². The summed E-state index contributed by atoms with van der Waals surface area (Å²) >= 11 is 0. The first-order valence-corrected chi connectivity index (χ1v) is 4.95. The summed E-state index contributed by atoms with van der Waals surface area (Å²) in [5.41, 5.74) is 5.57. The molecule has 0 aliphatic rings. The van der Waals surface area contributed by atoms with Crippen LogP contribution in [0.15, 0.2) is 12.3 Å². The van der Waals surface area contributed by atoms with E-state index in [9.17, 15) is 9.59 Å². The highest BCUT2D eigenvalue weighted by molar-refractivity contribution is 6.00. The number of aromatic carboxylic acids is 1. The van der Waals surface area contributed by atoms with E-state index in [1.54, 1.807) is 0 Å². The molecule has 1 amide bonds. The van der Waals surface area contributed by atoms with Gasteiger partial charge < -0.3 is 15.6 Å². The Morgan fingerprint density at radius 2 is 2.28 bits per heavy atom. The van der Waals surface area contributed by atoms with Gasteiger partial charge in [-0.1, -0.05) is 0 Å². The van der Waals surface area contributed by atoms with Crippen molar-refractivity contribution >= 4 is 17.5 Å². The molecule has 0 fully saturated rings. The van der Waals surface area contributed by atoms with Crippen LogP contribution in [-0.2, 0) is 11.3 Å². The van der Waals surface area contributed by atoms with E-state index in [1.807, 2.05) is 0 Å². The van der Waals surface area contributed by atoms with Gasteiger partial charge in [0.1, 0.15) is 11.3 Å². The maximum atomic E-state index is 11.4. The number of fused-ring (bicyclic) bond motifs is 1. The number of primary amides is 1. The Morgan fingerprint density at radius 3 is 2.83 bits per heavy atom. The Hall–Kier alpha value is -2.48. The van der Waals surface area contributed by atoms with Crippen LogP contribution in [0.4, 0.5) is 0 Å². The lowest BCUT2D eigenvalue weighted by molar-refractivity contribution is 0.0686. The second kappa shape index (κ2) is 4.41. The molecule has 0 aromatic carbocycles. The summed E-state index contributed by atoms with van der Waals surface area (Å²) in [6.45, 7) is 0.0424. The number of carbonyl (C=O) groups is 2. The van der Waals surface area contributed by atoms with E-state index in [2.05, 4.69) is 10.1 Å². The average molecular weight is 250 g/mol. The number of carbonyl (C=O) groups excluding carboxylic acids is 1. The summed E-state index contributed by atoms with van der Waals surface area (Å²) in [4.78, 5) is 26.3. The van der Waals surface area contributed by atoms with Crippen LogP contribution < -0.4 is 5.73 Å². The summed E-state index contributed by atoms with van der Waals surface area (Å²) in [7, 11) is 1.43. The van der Waals surface area contributed by atoms with Crippen LogP contribution >= 0.6 is 0 Å².